The number of nitrogens with zero attached hydrogens (tertiary/aromatic N) is 6. The van der Waals surface area contributed by atoms with E-state index in [1.165, 1.54) is 9.08 Å². The Kier molecular flexibility index (Phi) is 5.30. The van der Waals surface area contributed by atoms with Crippen LogP contribution in [0.5, 0.6) is 0 Å². The van der Waals surface area contributed by atoms with Crippen molar-refractivity contribution in [3.05, 3.63) is 59.1 Å². The van der Waals surface area contributed by atoms with Crippen molar-refractivity contribution < 1.29 is 9.32 Å². The van der Waals surface area contributed by atoms with E-state index in [4.69, 9.17) is 4.52 Å². The van der Waals surface area contributed by atoms with E-state index in [0.29, 0.717) is 17.0 Å². The first kappa shape index (κ1) is 20.2. The molecular weight excluding hydrogens is 408 g/mol. The highest BCUT2D eigenvalue weighted by Crippen LogP contribution is 2.24. The molecule has 1 atom stereocenters. The van der Waals surface area contributed by atoms with Crippen LogP contribution in [0.1, 0.15) is 32.6 Å². The summed E-state index contributed by atoms with van der Waals surface area (Å²) in [4.78, 5) is 32.3. The number of likely N-dealkylation sites (tertiary alicyclic amines) is 1. The van der Waals surface area contributed by atoms with Gasteiger partial charge in [0.1, 0.15) is 6.54 Å². The molecular formula is C23H24N6O3. The van der Waals surface area contributed by atoms with E-state index >= 15 is 0 Å². The first-order valence-electron chi connectivity index (χ1n) is 10.9. The number of hydrogen-bond acceptors (Lipinski definition) is 6. The molecule has 0 spiro atoms. The number of carbonyl (C=O) groups excluding carboxylic acids is 1. The molecule has 0 N–H and O–H groups in total. The minimum atomic E-state index is -0.372. The quantitative estimate of drug-likeness (QED) is 0.481. The molecule has 4 aromatic rings. The van der Waals surface area contributed by atoms with Crippen LogP contribution in [0.2, 0.25) is 0 Å². The number of rotatable bonds is 5. The molecule has 1 aliphatic heterocycles. The van der Waals surface area contributed by atoms with Crippen LogP contribution in [0.4, 0.5) is 0 Å². The van der Waals surface area contributed by atoms with Crippen molar-refractivity contribution >= 4 is 11.6 Å². The van der Waals surface area contributed by atoms with E-state index in [2.05, 4.69) is 22.2 Å². The molecule has 32 heavy (non-hydrogen) atoms. The average Bonchev–Trinajstić information content (AvgIpc) is 3.45. The van der Waals surface area contributed by atoms with Crippen molar-refractivity contribution in [1.29, 1.82) is 0 Å². The highest BCUT2D eigenvalue weighted by molar-refractivity contribution is 5.77. The van der Waals surface area contributed by atoms with E-state index in [1.54, 1.807) is 18.3 Å². The third-order valence-electron chi connectivity index (χ3n) is 6.00. The van der Waals surface area contributed by atoms with E-state index in [9.17, 15) is 9.59 Å². The Labute approximate surface area is 184 Å². The molecule has 4 heterocycles. The fraction of sp³-hybridized carbons (Fsp3) is 0.348. The van der Waals surface area contributed by atoms with Crippen molar-refractivity contribution in [1.82, 2.24) is 29.2 Å². The standard InChI is InChI=1S/C23H24N6O3/c1-2-17-11-6-7-13-27(17)19(30)15-29-23(31)28-14-8-12-18(21(28)25-29)22-24-20(26-32-22)16-9-4-3-5-10-16/h3-5,8-10,12,14,17H,2,6-7,11,13,15H2,1H3. The Morgan fingerprint density at radius 1 is 1.16 bits per heavy atom. The Morgan fingerprint density at radius 3 is 2.81 bits per heavy atom. The highest BCUT2D eigenvalue weighted by atomic mass is 16.5. The SMILES string of the molecule is CCC1CCCCN1C(=O)Cn1nc2c(-c3nc(-c4ccccc4)no3)cccn2c1=O. The van der Waals surface area contributed by atoms with Crippen molar-refractivity contribution in [3.63, 3.8) is 0 Å². The topological polar surface area (TPSA) is 98.5 Å². The lowest BCUT2D eigenvalue weighted by Gasteiger charge is -2.35. The number of piperidine rings is 1. The van der Waals surface area contributed by atoms with Gasteiger partial charge in [0.05, 0.1) is 5.56 Å². The third kappa shape index (κ3) is 3.59. The molecule has 1 saturated heterocycles. The van der Waals surface area contributed by atoms with Gasteiger partial charge in [-0.25, -0.2) is 13.9 Å². The summed E-state index contributed by atoms with van der Waals surface area (Å²) >= 11 is 0. The number of pyridine rings is 1. The number of aromatic nitrogens is 5. The number of carbonyl (C=O) groups is 1. The Balaban J connectivity index is 1.47. The van der Waals surface area contributed by atoms with Crippen molar-refractivity contribution in [2.24, 2.45) is 0 Å². The first-order chi connectivity index (χ1) is 15.7. The van der Waals surface area contributed by atoms with E-state index in [1.807, 2.05) is 35.2 Å². The second kappa shape index (κ2) is 8.41. The molecule has 164 valence electrons. The molecule has 3 aromatic heterocycles. The molecule has 1 fully saturated rings. The molecule has 1 aromatic carbocycles. The molecule has 0 aliphatic carbocycles. The van der Waals surface area contributed by atoms with Crippen LogP contribution in [0.25, 0.3) is 28.5 Å². The minimum absolute atomic E-state index is 0.0761. The maximum absolute atomic E-state index is 13.0. The van der Waals surface area contributed by atoms with Gasteiger partial charge in [-0.05, 0) is 37.8 Å². The van der Waals surface area contributed by atoms with Gasteiger partial charge in [0.15, 0.2) is 5.65 Å². The molecule has 1 aliphatic rings. The maximum atomic E-state index is 13.0. The van der Waals surface area contributed by atoms with Gasteiger partial charge in [0, 0.05) is 24.3 Å². The second-order valence-electron chi connectivity index (χ2n) is 7.99. The molecule has 0 saturated carbocycles. The normalized spacial score (nSPS) is 16.5. The zero-order chi connectivity index (χ0) is 22.1. The largest absolute Gasteiger partial charge is 0.350 e. The fourth-order valence-electron chi connectivity index (χ4n) is 4.32. The molecule has 0 bridgehead atoms. The number of fused-ring (bicyclic) bond motifs is 1. The molecule has 1 amide bonds. The zero-order valence-corrected chi connectivity index (χ0v) is 17.8. The van der Waals surface area contributed by atoms with Crippen LogP contribution < -0.4 is 5.69 Å². The van der Waals surface area contributed by atoms with Crippen LogP contribution in [0, 0.1) is 0 Å². The summed E-state index contributed by atoms with van der Waals surface area (Å²) in [5, 5.41) is 8.51. The summed E-state index contributed by atoms with van der Waals surface area (Å²) in [5.41, 5.74) is 1.37. The van der Waals surface area contributed by atoms with Crippen LogP contribution in [-0.4, -0.2) is 47.7 Å². The van der Waals surface area contributed by atoms with Crippen molar-refractivity contribution in [3.8, 4) is 22.8 Å². The first-order valence-corrected chi connectivity index (χ1v) is 10.9. The van der Waals surface area contributed by atoms with Gasteiger partial charge in [-0.3, -0.25) is 4.79 Å². The van der Waals surface area contributed by atoms with Crippen LogP contribution in [-0.2, 0) is 11.3 Å². The lowest BCUT2D eigenvalue weighted by atomic mass is 10.00. The maximum Gasteiger partial charge on any atom is 0.350 e. The van der Waals surface area contributed by atoms with Gasteiger partial charge in [-0.1, -0.05) is 42.4 Å². The minimum Gasteiger partial charge on any atom is -0.338 e. The summed E-state index contributed by atoms with van der Waals surface area (Å²) in [6.45, 7) is 2.73. The van der Waals surface area contributed by atoms with Crippen LogP contribution in [0.3, 0.4) is 0 Å². The third-order valence-corrected chi connectivity index (χ3v) is 6.00. The van der Waals surface area contributed by atoms with E-state index in [-0.39, 0.29) is 30.1 Å². The van der Waals surface area contributed by atoms with E-state index < -0.39 is 0 Å². The van der Waals surface area contributed by atoms with Crippen LogP contribution >= 0.6 is 0 Å². The number of amides is 1. The number of hydrogen-bond donors (Lipinski definition) is 0. The van der Waals surface area contributed by atoms with Gasteiger partial charge in [0.25, 0.3) is 5.89 Å². The van der Waals surface area contributed by atoms with Gasteiger partial charge in [-0.2, -0.15) is 4.98 Å². The highest BCUT2D eigenvalue weighted by Gasteiger charge is 2.26. The lowest BCUT2D eigenvalue weighted by molar-refractivity contribution is -0.135. The Morgan fingerprint density at radius 2 is 2.00 bits per heavy atom. The fourth-order valence-corrected chi connectivity index (χ4v) is 4.32. The zero-order valence-electron chi connectivity index (χ0n) is 17.8. The molecule has 1 unspecified atom stereocenters. The smallest absolute Gasteiger partial charge is 0.338 e. The van der Waals surface area contributed by atoms with Gasteiger partial charge in [0.2, 0.25) is 11.7 Å². The monoisotopic (exact) mass is 432 g/mol. The predicted molar refractivity (Wildman–Crippen MR) is 118 cm³/mol. The predicted octanol–water partition coefficient (Wildman–Crippen LogP) is 3.00. The van der Waals surface area contributed by atoms with Gasteiger partial charge >= 0.3 is 5.69 Å². The summed E-state index contributed by atoms with van der Waals surface area (Å²) in [5.74, 6) is 0.642. The molecule has 9 nitrogen and oxygen atoms in total. The summed E-state index contributed by atoms with van der Waals surface area (Å²) < 4.78 is 8.09. The molecule has 5 rings (SSSR count). The summed E-state index contributed by atoms with van der Waals surface area (Å²) in [6.07, 6.45) is 5.67. The number of benzene rings is 1. The average molecular weight is 432 g/mol. The molecule has 9 heteroatoms. The van der Waals surface area contributed by atoms with Gasteiger partial charge < -0.3 is 9.42 Å². The summed E-state index contributed by atoms with van der Waals surface area (Å²) in [6, 6.07) is 13.2. The Bertz CT molecular complexity index is 1310. The van der Waals surface area contributed by atoms with E-state index in [0.717, 1.165) is 37.8 Å². The molecule has 0 radical (unpaired) electrons. The Hall–Kier alpha value is -3.75. The second-order valence-corrected chi connectivity index (χ2v) is 7.99. The van der Waals surface area contributed by atoms with Crippen LogP contribution in [0.15, 0.2) is 58.0 Å². The van der Waals surface area contributed by atoms with Crippen molar-refractivity contribution in [2.45, 2.75) is 45.2 Å². The lowest BCUT2D eigenvalue weighted by Crippen LogP contribution is -2.45. The summed E-state index contributed by atoms with van der Waals surface area (Å²) in [7, 11) is 0. The van der Waals surface area contributed by atoms with Gasteiger partial charge in [-0.15, -0.1) is 5.10 Å². The van der Waals surface area contributed by atoms with Crippen molar-refractivity contribution in [2.75, 3.05) is 6.54 Å².